The zero-order valence-corrected chi connectivity index (χ0v) is 11.4. The minimum Gasteiger partial charge on any atom is -0.466 e. The van der Waals surface area contributed by atoms with Gasteiger partial charge in [-0.05, 0) is 6.92 Å². The lowest BCUT2D eigenvalue weighted by Crippen LogP contribution is -2.20. The first-order valence-electron chi connectivity index (χ1n) is 5.92. The molecule has 1 heterocycles. The van der Waals surface area contributed by atoms with Crippen molar-refractivity contribution >= 4 is 11.7 Å². The van der Waals surface area contributed by atoms with Gasteiger partial charge in [0, 0.05) is 6.07 Å². The Balaban J connectivity index is 3.39. The van der Waals surface area contributed by atoms with Gasteiger partial charge in [-0.2, -0.15) is 0 Å². The molecular weight excluding hydrogens is 335 g/mol. The fourth-order valence-corrected chi connectivity index (χ4v) is 1.55. The molecular formula is C11H9F5N2O5. The van der Waals surface area contributed by atoms with Crippen LogP contribution in [0.5, 0.6) is 5.75 Å². The zero-order valence-electron chi connectivity index (χ0n) is 11.4. The van der Waals surface area contributed by atoms with Gasteiger partial charge < -0.3 is 9.47 Å². The van der Waals surface area contributed by atoms with Gasteiger partial charge in [-0.15, -0.1) is 13.2 Å². The fourth-order valence-electron chi connectivity index (χ4n) is 1.55. The van der Waals surface area contributed by atoms with Gasteiger partial charge in [-0.25, -0.2) is 13.8 Å². The van der Waals surface area contributed by atoms with Crippen LogP contribution in [-0.4, -0.2) is 28.8 Å². The molecule has 0 aliphatic heterocycles. The SMILES string of the molecule is CCOC(=O)Cc1cc([N+](=O)[O-])c(OC(F)(F)F)c(C(F)F)n1. The lowest BCUT2D eigenvalue weighted by Gasteiger charge is -2.13. The van der Waals surface area contributed by atoms with Gasteiger partial charge in [0.1, 0.15) is 0 Å². The lowest BCUT2D eigenvalue weighted by molar-refractivity contribution is -0.389. The second kappa shape index (κ2) is 7.15. The van der Waals surface area contributed by atoms with Crippen molar-refractivity contribution in [2.45, 2.75) is 26.1 Å². The molecule has 128 valence electrons. The van der Waals surface area contributed by atoms with Crippen molar-refractivity contribution in [1.29, 1.82) is 0 Å². The summed E-state index contributed by atoms with van der Waals surface area (Å²) in [6, 6.07) is 0.448. The largest absolute Gasteiger partial charge is 0.573 e. The molecule has 0 fully saturated rings. The second-order valence-corrected chi connectivity index (χ2v) is 3.93. The topological polar surface area (TPSA) is 91.6 Å². The third-order valence-corrected chi connectivity index (χ3v) is 2.28. The van der Waals surface area contributed by atoms with E-state index in [0.29, 0.717) is 6.07 Å². The third-order valence-electron chi connectivity index (χ3n) is 2.28. The van der Waals surface area contributed by atoms with E-state index < -0.39 is 52.9 Å². The number of nitro groups is 1. The van der Waals surface area contributed by atoms with Gasteiger partial charge in [0.25, 0.3) is 6.43 Å². The Morgan fingerprint density at radius 2 is 2.04 bits per heavy atom. The summed E-state index contributed by atoms with van der Waals surface area (Å²) >= 11 is 0. The Bertz CT molecular complexity index is 605. The smallest absolute Gasteiger partial charge is 0.466 e. The van der Waals surface area contributed by atoms with Crippen LogP contribution in [0.4, 0.5) is 27.6 Å². The van der Waals surface area contributed by atoms with Crippen molar-refractivity contribution < 1.29 is 41.1 Å². The predicted octanol–water partition coefficient (Wildman–Crippen LogP) is 2.93. The van der Waals surface area contributed by atoms with Gasteiger partial charge in [0.15, 0.2) is 5.69 Å². The molecule has 1 rings (SSSR count). The number of aromatic nitrogens is 1. The first-order chi connectivity index (χ1) is 10.5. The highest BCUT2D eigenvalue weighted by molar-refractivity contribution is 5.72. The van der Waals surface area contributed by atoms with Crippen molar-refractivity contribution in [2.24, 2.45) is 0 Å². The highest BCUT2D eigenvalue weighted by Crippen LogP contribution is 2.39. The first-order valence-corrected chi connectivity index (χ1v) is 5.92. The Kier molecular flexibility index (Phi) is 5.76. The number of pyridine rings is 1. The quantitative estimate of drug-likeness (QED) is 0.341. The molecule has 1 aromatic rings. The van der Waals surface area contributed by atoms with E-state index >= 15 is 0 Å². The molecule has 0 bridgehead atoms. The van der Waals surface area contributed by atoms with E-state index in [4.69, 9.17) is 0 Å². The van der Waals surface area contributed by atoms with Crippen LogP contribution in [0.25, 0.3) is 0 Å². The van der Waals surface area contributed by atoms with Crippen LogP contribution in [0.1, 0.15) is 24.7 Å². The van der Waals surface area contributed by atoms with E-state index in [-0.39, 0.29) is 6.61 Å². The summed E-state index contributed by atoms with van der Waals surface area (Å²) in [4.78, 5) is 23.9. The third kappa shape index (κ3) is 5.30. The number of esters is 1. The number of rotatable bonds is 6. The molecule has 0 N–H and O–H groups in total. The van der Waals surface area contributed by atoms with Crippen molar-refractivity contribution in [3.63, 3.8) is 0 Å². The molecule has 0 saturated carbocycles. The van der Waals surface area contributed by atoms with Gasteiger partial charge in [-0.1, -0.05) is 0 Å². The summed E-state index contributed by atoms with van der Waals surface area (Å²) in [5, 5.41) is 10.8. The molecule has 0 aliphatic carbocycles. The van der Waals surface area contributed by atoms with Crippen LogP contribution < -0.4 is 4.74 Å². The second-order valence-electron chi connectivity index (χ2n) is 3.93. The van der Waals surface area contributed by atoms with Crippen LogP contribution in [0.15, 0.2) is 6.07 Å². The zero-order chi connectivity index (χ0) is 17.8. The highest BCUT2D eigenvalue weighted by atomic mass is 19.4. The van der Waals surface area contributed by atoms with E-state index in [9.17, 15) is 36.9 Å². The maximum Gasteiger partial charge on any atom is 0.573 e. The number of nitrogens with zero attached hydrogens (tertiary/aromatic N) is 2. The summed E-state index contributed by atoms with van der Waals surface area (Å²) in [6.07, 6.45) is -9.74. The average molecular weight is 344 g/mol. The van der Waals surface area contributed by atoms with E-state index in [0.717, 1.165) is 0 Å². The minimum absolute atomic E-state index is 0.0438. The Labute approximate surface area is 125 Å². The molecule has 12 heteroatoms. The average Bonchev–Trinajstić information content (AvgIpc) is 2.38. The number of alkyl halides is 5. The number of ether oxygens (including phenoxy) is 2. The number of carbonyl (C=O) groups is 1. The molecule has 23 heavy (non-hydrogen) atoms. The van der Waals surface area contributed by atoms with Crippen molar-refractivity contribution in [3.8, 4) is 5.75 Å². The van der Waals surface area contributed by atoms with Crippen LogP contribution in [0.2, 0.25) is 0 Å². The van der Waals surface area contributed by atoms with Gasteiger partial charge in [0.2, 0.25) is 5.75 Å². The monoisotopic (exact) mass is 344 g/mol. The molecule has 0 spiro atoms. The summed E-state index contributed by atoms with van der Waals surface area (Å²) < 4.78 is 70.3. The molecule has 7 nitrogen and oxygen atoms in total. The van der Waals surface area contributed by atoms with E-state index in [2.05, 4.69) is 14.5 Å². The molecule has 0 aliphatic rings. The number of halogens is 5. The standard InChI is InChI=1S/C11H9F5N2O5/c1-2-22-7(19)4-5-3-6(18(20)21)9(23-11(14,15)16)8(17-5)10(12)13/h3,10H,2,4H2,1H3. The van der Waals surface area contributed by atoms with Crippen molar-refractivity contribution in [1.82, 2.24) is 4.98 Å². The van der Waals surface area contributed by atoms with Crippen LogP contribution in [0, 0.1) is 10.1 Å². The Morgan fingerprint density at radius 1 is 1.43 bits per heavy atom. The van der Waals surface area contributed by atoms with Crippen molar-refractivity contribution in [2.75, 3.05) is 6.61 Å². The summed E-state index contributed by atoms with van der Waals surface area (Å²) in [6.45, 7) is 1.41. The Morgan fingerprint density at radius 3 is 2.48 bits per heavy atom. The maximum atomic E-state index is 12.9. The van der Waals surface area contributed by atoms with Crippen molar-refractivity contribution in [3.05, 3.63) is 27.6 Å². The molecule has 0 atom stereocenters. The number of hydrogen-bond acceptors (Lipinski definition) is 6. The summed E-state index contributed by atoms with van der Waals surface area (Å²) in [5.41, 5.74) is -3.51. The lowest BCUT2D eigenvalue weighted by atomic mass is 10.2. The minimum atomic E-state index is -5.43. The molecule has 0 unspecified atom stereocenters. The molecule has 0 aromatic carbocycles. The van der Waals surface area contributed by atoms with E-state index in [1.54, 1.807) is 0 Å². The van der Waals surface area contributed by atoms with Gasteiger partial charge in [-0.3, -0.25) is 14.9 Å². The van der Waals surface area contributed by atoms with Crippen LogP contribution in [-0.2, 0) is 16.0 Å². The number of carbonyl (C=O) groups excluding carboxylic acids is 1. The Hall–Kier alpha value is -2.53. The molecule has 0 saturated heterocycles. The van der Waals surface area contributed by atoms with E-state index in [1.165, 1.54) is 6.92 Å². The summed E-state index contributed by atoms with van der Waals surface area (Å²) in [7, 11) is 0. The number of hydrogen-bond donors (Lipinski definition) is 0. The summed E-state index contributed by atoms with van der Waals surface area (Å²) in [5.74, 6) is -2.65. The molecule has 1 aromatic heterocycles. The van der Waals surface area contributed by atoms with E-state index in [1.807, 2.05) is 0 Å². The van der Waals surface area contributed by atoms with Gasteiger partial charge in [0.05, 0.1) is 23.6 Å². The normalized spacial score (nSPS) is 11.4. The predicted molar refractivity (Wildman–Crippen MR) is 62.9 cm³/mol. The molecule has 0 radical (unpaired) electrons. The highest BCUT2D eigenvalue weighted by Gasteiger charge is 2.38. The van der Waals surface area contributed by atoms with Crippen LogP contribution in [0.3, 0.4) is 0 Å². The fraction of sp³-hybridized carbons (Fsp3) is 0.455. The van der Waals surface area contributed by atoms with Crippen LogP contribution >= 0.6 is 0 Å². The maximum absolute atomic E-state index is 12.9. The van der Waals surface area contributed by atoms with Gasteiger partial charge >= 0.3 is 18.0 Å². The molecule has 0 amide bonds. The first kappa shape index (κ1) is 18.5.